The fraction of sp³-hybridized carbons (Fsp3) is 0.182. The third kappa shape index (κ3) is 2.59. The lowest BCUT2D eigenvalue weighted by Gasteiger charge is -2.14. The zero-order chi connectivity index (χ0) is 11.4. The quantitative estimate of drug-likeness (QED) is 0.650. The van der Waals surface area contributed by atoms with Crippen LogP contribution < -0.4 is 11.3 Å². The second-order valence-corrected chi connectivity index (χ2v) is 4.73. The Morgan fingerprint density at radius 2 is 2.31 bits per heavy atom. The van der Waals surface area contributed by atoms with Crippen molar-refractivity contribution < 1.29 is 0 Å². The van der Waals surface area contributed by atoms with E-state index >= 15 is 0 Å². The molecule has 0 aliphatic carbocycles. The van der Waals surface area contributed by atoms with E-state index in [9.17, 15) is 0 Å². The van der Waals surface area contributed by atoms with Crippen LogP contribution >= 0.6 is 22.9 Å². The molecule has 1 unspecified atom stereocenters. The van der Waals surface area contributed by atoms with Crippen LogP contribution in [0.25, 0.3) is 0 Å². The van der Waals surface area contributed by atoms with E-state index < -0.39 is 0 Å². The Kier molecular flexibility index (Phi) is 3.90. The third-order valence-corrected chi connectivity index (χ3v) is 3.77. The number of hydrogen-bond acceptors (Lipinski definition) is 4. The van der Waals surface area contributed by atoms with Gasteiger partial charge in [0, 0.05) is 23.2 Å². The van der Waals surface area contributed by atoms with Crippen molar-refractivity contribution in [3.8, 4) is 0 Å². The molecule has 0 amide bonds. The second-order valence-electron chi connectivity index (χ2n) is 3.38. The third-order valence-electron chi connectivity index (χ3n) is 2.30. The van der Waals surface area contributed by atoms with Crippen molar-refractivity contribution in [2.75, 3.05) is 0 Å². The van der Waals surface area contributed by atoms with Crippen LogP contribution in [-0.4, -0.2) is 4.98 Å². The zero-order valence-corrected chi connectivity index (χ0v) is 10.1. The molecule has 0 bridgehead atoms. The van der Waals surface area contributed by atoms with Crippen molar-refractivity contribution in [2.45, 2.75) is 12.5 Å². The number of hydrazine groups is 1. The summed E-state index contributed by atoms with van der Waals surface area (Å²) in [7, 11) is 0. The first-order valence-corrected chi connectivity index (χ1v) is 6.16. The fourth-order valence-corrected chi connectivity index (χ4v) is 2.76. The van der Waals surface area contributed by atoms with Gasteiger partial charge in [0.2, 0.25) is 0 Å². The van der Waals surface area contributed by atoms with Crippen molar-refractivity contribution in [1.82, 2.24) is 10.4 Å². The van der Waals surface area contributed by atoms with Gasteiger partial charge < -0.3 is 0 Å². The number of hydrogen-bond donors (Lipinski definition) is 2. The van der Waals surface area contributed by atoms with Crippen molar-refractivity contribution >= 4 is 22.9 Å². The molecule has 3 nitrogen and oxygen atoms in total. The topological polar surface area (TPSA) is 50.9 Å². The molecular formula is C11H12ClN3S. The summed E-state index contributed by atoms with van der Waals surface area (Å²) in [5, 5.41) is 2.71. The first kappa shape index (κ1) is 11.5. The van der Waals surface area contributed by atoms with Crippen LogP contribution in [0, 0.1) is 0 Å². The Balaban J connectivity index is 2.16. The molecule has 0 aliphatic rings. The van der Waals surface area contributed by atoms with Crippen molar-refractivity contribution in [3.63, 3.8) is 0 Å². The van der Waals surface area contributed by atoms with Gasteiger partial charge in [0.25, 0.3) is 0 Å². The number of thiophene rings is 1. The maximum absolute atomic E-state index is 6.07. The SMILES string of the molecule is NNC(Cc1ccccn1)c1sccc1Cl. The first-order valence-electron chi connectivity index (χ1n) is 4.90. The average Bonchev–Trinajstić information content (AvgIpc) is 2.74. The molecule has 3 N–H and O–H groups in total. The lowest BCUT2D eigenvalue weighted by Crippen LogP contribution is -2.29. The number of rotatable bonds is 4. The summed E-state index contributed by atoms with van der Waals surface area (Å²) in [6.45, 7) is 0. The molecule has 84 valence electrons. The molecule has 0 fully saturated rings. The molecule has 2 rings (SSSR count). The van der Waals surface area contributed by atoms with E-state index in [0.717, 1.165) is 22.0 Å². The molecule has 0 radical (unpaired) electrons. The van der Waals surface area contributed by atoms with E-state index in [2.05, 4.69) is 10.4 Å². The maximum atomic E-state index is 6.07. The number of aromatic nitrogens is 1. The summed E-state index contributed by atoms with van der Waals surface area (Å²) < 4.78 is 0. The van der Waals surface area contributed by atoms with Gasteiger partial charge in [-0.2, -0.15) is 0 Å². The van der Waals surface area contributed by atoms with Crippen molar-refractivity contribution in [1.29, 1.82) is 0 Å². The summed E-state index contributed by atoms with van der Waals surface area (Å²) in [5.74, 6) is 5.55. The Morgan fingerprint density at radius 3 is 2.88 bits per heavy atom. The summed E-state index contributed by atoms with van der Waals surface area (Å²) in [6, 6.07) is 7.73. The maximum Gasteiger partial charge on any atom is 0.0623 e. The van der Waals surface area contributed by atoms with Gasteiger partial charge in [0.05, 0.1) is 11.1 Å². The monoisotopic (exact) mass is 253 g/mol. The predicted octanol–water partition coefficient (Wildman–Crippen LogP) is 2.54. The zero-order valence-electron chi connectivity index (χ0n) is 8.56. The van der Waals surface area contributed by atoms with Gasteiger partial charge in [-0.3, -0.25) is 16.3 Å². The Morgan fingerprint density at radius 1 is 1.44 bits per heavy atom. The number of pyridine rings is 1. The number of halogens is 1. The summed E-state index contributed by atoms with van der Waals surface area (Å²) >= 11 is 7.67. The Hall–Kier alpha value is -0.940. The number of nitrogens with one attached hydrogen (secondary N) is 1. The highest BCUT2D eigenvalue weighted by molar-refractivity contribution is 7.10. The minimum atomic E-state index is 0.0161. The first-order chi connectivity index (χ1) is 7.81. The van der Waals surface area contributed by atoms with E-state index in [4.69, 9.17) is 17.4 Å². The second kappa shape index (κ2) is 5.41. The van der Waals surface area contributed by atoms with Crippen LogP contribution in [0.15, 0.2) is 35.8 Å². The van der Waals surface area contributed by atoms with Gasteiger partial charge in [-0.05, 0) is 23.6 Å². The fourth-order valence-electron chi connectivity index (χ4n) is 1.51. The van der Waals surface area contributed by atoms with Crippen LogP contribution in [0.2, 0.25) is 5.02 Å². The van der Waals surface area contributed by atoms with Gasteiger partial charge in [0.1, 0.15) is 0 Å². The van der Waals surface area contributed by atoms with E-state index in [1.165, 1.54) is 0 Å². The Bertz CT molecular complexity index is 444. The highest BCUT2D eigenvalue weighted by atomic mass is 35.5. The molecule has 2 aromatic rings. The molecule has 2 heterocycles. The summed E-state index contributed by atoms with van der Waals surface area (Å²) in [4.78, 5) is 5.32. The molecule has 0 aliphatic heterocycles. The van der Waals surface area contributed by atoms with E-state index in [-0.39, 0.29) is 6.04 Å². The molecule has 0 aromatic carbocycles. The number of nitrogens with two attached hydrogens (primary N) is 1. The molecule has 0 saturated heterocycles. The highest BCUT2D eigenvalue weighted by Crippen LogP contribution is 2.29. The smallest absolute Gasteiger partial charge is 0.0623 e. The van der Waals surface area contributed by atoms with Gasteiger partial charge in [-0.1, -0.05) is 17.7 Å². The molecule has 0 spiro atoms. The van der Waals surface area contributed by atoms with E-state index in [1.54, 1.807) is 17.5 Å². The molecule has 0 saturated carbocycles. The lowest BCUT2D eigenvalue weighted by molar-refractivity contribution is 0.554. The lowest BCUT2D eigenvalue weighted by atomic mass is 10.1. The van der Waals surface area contributed by atoms with Crippen LogP contribution in [0.4, 0.5) is 0 Å². The molecule has 5 heteroatoms. The van der Waals surface area contributed by atoms with Crippen LogP contribution in [0.3, 0.4) is 0 Å². The molecule has 2 aromatic heterocycles. The van der Waals surface area contributed by atoms with E-state index in [1.807, 2.05) is 29.6 Å². The van der Waals surface area contributed by atoms with Gasteiger partial charge in [-0.15, -0.1) is 11.3 Å². The van der Waals surface area contributed by atoms with Crippen molar-refractivity contribution in [2.24, 2.45) is 5.84 Å². The van der Waals surface area contributed by atoms with Gasteiger partial charge >= 0.3 is 0 Å². The van der Waals surface area contributed by atoms with Gasteiger partial charge in [-0.25, -0.2) is 0 Å². The minimum Gasteiger partial charge on any atom is -0.271 e. The average molecular weight is 254 g/mol. The normalized spacial score (nSPS) is 12.6. The van der Waals surface area contributed by atoms with E-state index in [0.29, 0.717) is 0 Å². The van der Waals surface area contributed by atoms with Gasteiger partial charge in [0.15, 0.2) is 0 Å². The largest absolute Gasteiger partial charge is 0.271 e. The molecule has 16 heavy (non-hydrogen) atoms. The van der Waals surface area contributed by atoms with Crippen molar-refractivity contribution in [3.05, 3.63) is 51.4 Å². The molecule has 1 atom stereocenters. The highest BCUT2D eigenvalue weighted by Gasteiger charge is 2.15. The summed E-state index contributed by atoms with van der Waals surface area (Å²) in [5.41, 5.74) is 3.78. The molecular weight excluding hydrogens is 242 g/mol. The predicted molar refractivity (Wildman–Crippen MR) is 67.3 cm³/mol. The number of nitrogens with zero attached hydrogens (tertiary/aromatic N) is 1. The minimum absolute atomic E-state index is 0.0161. The Labute approximate surface area is 103 Å². The van der Waals surface area contributed by atoms with Crippen LogP contribution in [-0.2, 0) is 6.42 Å². The van der Waals surface area contributed by atoms with Crippen LogP contribution in [0.5, 0.6) is 0 Å². The standard InChI is InChI=1S/C11H12ClN3S/c12-9-4-6-16-11(9)10(15-13)7-8-3-1-2-5-14-8/h1-6,10,15H,7,13H2. The summed E-state index contributed by atoms with van der Waals surface area (Å²) in [6.07, 6.45) is 2.51. The van der Waals surface area contributed by atoms with Crippen LogP contribution in [0.1, 0.15) is 16.6 Å².